The minimum Gasteiger partial charge on any atom is -0.387 e. The third kappa shape index (κ3) is 5.76. The van der Waals surface area contributed by atoms with Crippen molar-refractivity contribution in [1.29, 1.82) is 0 Å². The van der Waals surface area contributed by atoms with Crippen LogP contribution in [0.3, 0.4) is 0 Å². The van der Waals surface area contributed by atoms with Gasteiger partial charge in [0.1, 0.15) is 18.0 Å². The molecule has 1 aliphatic heterocycles. The Hall–Kier alpha value is -2.93. The van der Waals surface area contributed by atoms with Crippen molar-refractivity contribution in [2.75, 3.05) is 30.3 Å². The largest absolute Gasteiger partial charge is 0.421 e. The van der Waals surface area contributed by atoms with Crippen LogP contribution in [-0.4, -0.2) is 65.3 Å². The van der Waals surface area contributed by atoms with Crippen molar-refractivity contribution in [3.05, 3.63) is 36.0 Å². The first-order valence-electron chi connectivity index (χ1n) is 10.6. The number of nitrogens with one attached hydrogen (secondary N) is 2. The number of para-hydroxylation sites is 1. The van der Waals surface area contributed by atoms with Crippen LogP contribution in [0, 0.1) is 0 Å². The number of carbonyl (C=O) groups excluding carboxylic acids is 1. The van der Waals surface area contributed by atoms with Gasteiger partial charge in [-0.3, -0.25) is 4.79 Å². The summed E-state index contributed by atoms with van der Waals surface area (Å²) >= 11 is 0. The predicted octanol–water partition coefficient (Wildman–Crippen LogP) is 2.82. The minimum absolute atomic E-state index is 0.0382. The highest BCUT2D eigenvalue weighted by Crippen LogP contribution is 2.36. The average Bonchev–Trinajstić information content (AvgIpc) is 2.78. The van der Waals surface area contributed by atoms with Crippen LogP contribution in [0.15, 0.2) is 35.4 Å². The molecule has 1 fully saturated rings. The van der Waals surface area contributed by atoms with Gasteiger partial charge in [0.15, 0.2) is 9.84 Å². The quantitative estimate of drug-likeness (QED) is 0.529. The lowest BCUT2D eigenvalue weighted by Gasteiger charge is -2.32. The monoisotopic (exact) mass is 501 g/mol. The van der Waals surface area contributed by atoms with Crippen molar-refractivity contribution in [1.82, 2.24) is 14.9 Å². The fourth-order valence-corrected chi connectivity index (χ4v) is 4.76. The number of nitrogens with zero attached hydrogens (tertiary/aromatic N) is 3. The highest BCUT2D eigenvalue weighted by atomic mass is 32.2. The molecule has 34 heavy (non-hydrogen) atoms. The zero-order valence-electron chi connectivity index (χ0n) is 18.6. The van der Waals surface area contributed by atoms with Crippen LogP contribution in [0.2, 0.25) is 0 Å². The van der Waals surface area contributed by atoms with Gasteiger partial charge in [-0.1, -0.05) is 12.1 Å². The normalized spacial score (nSPS) is 17.0. The number of aromatic nitrogens is 2. The van der Waals surface area contributed by atoms with E-state index in [4.69, 9.17) is 5.11 Å². The van der Waals surface area contributed by atoms with E-state index in [2.05, 4.69) is 20.6 Å². The smallest absolute Gasteiger partial charge is 0.387 e. The van der Waals surface area contributed by atoms with Gasteiger partial charge in [-0.15, -0.1) is 0 Å². The lowest BCUT2D eigenvalue weighted by atomic mass is 10.1. The van der Waals surface area contributed by atoms with E-state index in [0.717, 1.165) is 0 Å². The maximum absolute atomic E-state index is 13.7. The summed E-state index contributed by atoms with van der Waals surface area (Å²) in [5.41, 5.74) is -1.20. The second-order valence-corrected chi connectivity index (χ2v) is 10.6. The maximum atomic E-state index is 13.7. The van der Waals surface area contributed by atoms with E-state index in [-0.39, 0.29) is 29.1 Å². The number of aliphatic hydroxyl groups excluding tert-OH is 1. The molecule has 1 amide bonds. The summed E-state index contributed by atoms with van der Waals surface area (Å²) in [6, 6.07) is 5.34. The number of amides is 1. The molecule has 0 saturated carbocycles. The molecule has 3 rings (SSSR count). The summed E-state index contributed by atoms with van der Waals surface area (Å²) in [7, 11) is -3.79. The first kappa shape index (κ1) is 25.7. The molecule has 1 aromatic heterocycles. The zero-order valence-corrected chi connectivity index (χ0v) is 19.4. The number of piperidine rings is 1. The average molecular weight is 502 g/mol. The third-order valence-corrected chi connectivity index (χ3v) is 7.61. The molecule has 1 saturated heterocycles. The number of likely N-dealkylation sites (tertiary alicyclic amines) is 1. The first-order chi connectivity index (χ1) is 15.9. The van der Waals surface area contributed by atoms with Crippen LogP contribution in [0.25, 0.3) is 0 Å². The number of anilines is 3. The van der Waals surface area contributed by atoms with Gasteiger partial charge in [0.25, 0.3) is 0 Å². The van der Waals surface area contributed by atoms with E-state index < -0.39 is 45.2 Å². The topological polar surface area (TPSA) is 125 Å². The van der Waals surface area contributed by atoms with Gasteiger partial charge in [0.2, 0.25) is 11.9 Å². The van der Waals surface area contributed by atoms with Crippen molar-refractivity contribution < 1.29 is 31.5 Å². The van der Waals surface area contributed by atoms with Crippen LogP contribution >= 0.6 is 0 Å². The number of carbonyl (C=O) groups is 1. The Balaban J connectivity index is 1.94. The molecule has 2 heterocycles. The second-order valence-electron chi connectivity index (χ2n) is 8.15. The fraction of sp³-hybridized carbons (Fsp3) is 0.476. The first-order valence-corrected chi connectivity index (χ1v) is 12.2. The van der Waals surface area contributed by atoms with E-state index in [1.165, 1.54) is 43.0 Å². The Bertz CT molecular complexity index is 1140. The lowest BCUT2D eigenvalue weighted by Crippen LogP contribution is -2.46. The van der Waals surface area contributed by atoms with Crippen LogP contribution in [0.1, 0.15) is 32.3 Å². The van der Waals surface area contributed by atoms with Gasteiger partial charge < -0.3 is 20.6 Å². The molecule has 13 heteroatoms. The van der Waals surface area contributed by atoms with Crippen LogP contribution < -0.4 is 10.6 Å². The Morgan fingerprint density at radius 3 is 2.65 bits per heavy atom. The molecule has 3 N–H and O–H groups in total. The Kier molecular flexibility index (Phi) is 7.66. The number of halogens is 3. The van der Waals surface area contributed by atoms with Crippen LogP contribution in [0.5, 0.6) is 0 Å². The second kappa shape index (κ2) is 10.1. The van der Waals surface area contributed by atoms with Gasteiger partial charge in [-0.05, 0) is 38.8 Å². The molecule has 2 aromatic rings. The van der Waals surface area contributed by atoms with Crippen LogP contribution in [-0.2, 0) is 20.8 Å². The zero-order chi connectivity index (χ0) is 25.1. The number of benzene rings is 1. The fourth-order valence-electron chi connectivity index (χ4n) is 3.56. The molecule has 0 bridgehead atoms. The van der Waals surface area contributed by atoms with Gasteiger partial charge in [-0.25, -0.2) is 13.4 Å². The summed E-state index contributed by atoms with van der Waals surface area (Å²) in [5.74, 6) is -1.15. The molecule has 1 atom stereocenters. The highest BCUT2D eigenvalue weighted by Gasteiger charge is 2.36. The SMILES string of the molecule is CC(C)S(=O)(=O)c1ccccc1Nc1nc(NC2CCCN(C(=O)CO)C2)ncc1C(F)(F)F. The molecule has 1 unspecified atom stereocenters. The molecule has 186 valence electrons. The molecule has 9 nitrogen and oxygen atoms in total. The molecular weight excluding hydrogens is 475 g/mol. The number of alkyl halides is 3. The highest BCUT2D eigenvalue weighted by molar-refractivity contribution is 7.92. The van der Waals surface area contributed by atoms with Gasteiger partial charge in [0, 0.05) is 25.3 Å². The maximum Gasteiger partial charge on any atom is 0.421 e. The van der Waals surface area contributed by atoms with Gasteiger partial charge in [-0.2, -0.15) is 18.2 Å². The van der Waals surface area contributed by atoms with E-state index >= 15 is 0 Å². The van der Waals surface area contributed by atoms with E-state index in [1.54, 1.807) is 0 Å². The van der Waals surface area contributed by atoms with Crippen LogP contribution in [0.4, 0.5) is 30.6 Å². The van der Waals surface area contributed by atoms with E-state index in [0.29, 0.717) is 25.6 Å². The summed E-state index contributed by atoms with van der Waals surface area (Å²) in [4.78, 5) is 20.8. The number of hydrogen-bond acceptors (Lipinski definition) is 8. The number of rotatable bonds is 7. The molecule has 1 aliphatic rings. The number of hydrogen-bond donors (Lipinski definition) is 3. The van der Waals surface area contributed by atoms with Crippen molar-refractivity contribution in [2.45, 2.75) is 49.1 Å². The summed E-state index contributed by atoms with van der Waals surface area (Å²) < 4.78 is 66.4. The number of aliphatic hydroxyl groups is 1. The molecule has 0 radical (unpaired) electrons. The van der Waals surface area contributed by atoms with E-state index in [9.17, 15) is 26.4 Å². The standard InChI is InChI=1S/C21H26F3N5O4S/c1-13(2)34(32,33)17-8-4-3-7-16(17)27-19-15(21(22,23)24)10-25-20(28-19)26-14-6-5-9-29(11-14)18(31)12-30/h3-4,7-8,10,13-14,30H,5-6,9,11-12H2,1-2H3,(H2,25,26,27,28). The van der Waals surface area contributed by atoms with Gasteiger partial charge in [0.05, 0.1) is 15.8 Å². The molecule has 0 spiro atoms. The Morgan fingerprint density at radius 2 is 2.00 bits per heavy atom. The summed E-state index contributed by atoms with van der Waals surface area (Å²) in [6.07, 6.45) is -2.91. The lowest BCUT2D eigenvalue weighted by molar-refractivity contribution is -0.137. The Morgan fingerprint density at radius 1 is 1.29 bits per heavy atom. The summed E-state index contributed by atoms with van der Waals surface area (Å²) in [6.45, 7) is 3.04. The van der Waals surface area contributed by atoms with Gasteiger partial charge >= 0.3 is 6.18 Å². The predicted molar refractivity (Wildman–Crippen MR) is 119 cm³/mol. The van der Waals surface area contributed by atoms with E-state index in [1.807, 2.05) is 0 Å². The minimum atomic E-state index is -4.79. The Labute approximate surface area is 195 Å². The van der Waals surface area contributed by atoms with Crippen molar-refractivity contribution in [3.63, 3.8) is 0 Å². The van der Waals surface area contributed by atoms with Crippen molar-refractivity contribution in [2.24, 2.45) is 0 Å². The third-order valence-electron chi connectivity index (χ3n) is 5.40. The summed E-state index contributed by atoms with van der Waals surface area (Å²) in [5, 5.41) is 13.8. The van der Waals surface area contributed by atoms with Crippen molar-refractivity contribution >= 4 is 33.2 Å². The number of sulfone groups is 1. The molecule has 1 aromatic carbocycles. The molecule has 0 aliphatic carbocycles. The van der Waals surface area contributed by atoms with Crippen molar-refractivity contribution in [3.8, 4) is 0 Å². The molecular formula is C21H26F3N5O4S.